The van der Waals surface area contributed by atoms with Crippen molar-refractivity contribution in [2.45, 2.75) is 18.6 Å². The summed E-state index contributed by atoms with van der Waals surface area (Å²) in [6.45, 7) is 2.60. The molecule has 4 rings (SSSR count). The maximum atomic E-state index is 12.5. The summed E-state index contributed by atoms with van der Waals surface area (Å²) < 4.78 is 12.6. The Bertz CT molecular complexity index is 1210. The van der Waals surface area contributed by atoms with Crippen molar-refractivity contribution in [2.24, 2.45) is 0 Å². The molecular weight excluding hydrogens is 416 g/mol. The maximum absolute atomic E-state index is 12.5. The van der Waals surface area contributed by atoms with Gasteiger partial charge in [0.05, 0.1) is 24.1 Å². The van der Waals surface area contributed by atoms with E-state index >= 15 is 0 Å². The number of anilines is 1. The van der Waals surface area contributed by atoms with E-state index in [4.69, 9.17) is 9.15 Å². The van der Waals surface area contributed by atoms with E-state index in [-0.39, 0.29) is 11.7 Å². The molecule has 0 aliphatic heterocycles. The van der Waals surface area contributed by atoms with Crippen LogP contribution in [0.1, 0.15) is 17.3 Å². The van der Waals surface area contributed by atoms with E-state index in [2.05, 4.69) is 15.5 Å². The number of aromatic nitrogens is 3. The monoisotopic (exact) mass is 436 g/mol. The van der Waals surface area contributed by atoms with Crippen molar-refractivity contribution < 1.29 is 18.7 Å². The smallest absolute Gasteiger partial charge is 0.339 e. The van der Waals surface area contributed by atoms with Crippen molar-refractivity contribution in [3.63, 3.8) is 0 Å². The topological polar surface area (TPSA) is 99.2 Å². The fourth-order valence-electron chi connectivity index (χ4n) is 3.15. The molecule has 0 spiro atoms. The van der Waals surface area contributed by atoms with Crippen LogP contribution in [0.15, 0.2) is 64.2 Å². The van der Waals surface area contributed by atoms with Crippen LogP contribution in [0.5, 0.6) is 0 Å². The molecule has 0 aliphatic carbocycles. The predicted octanol–water partition coefficient (Wildman–Crippen LogP) is 4.23. The SMILES string of the molecule is CCn1c(SCC(=O)Nc2ccccc2C(=O)OC)nnc1-c1cc2ccccc2o1. The van der Waals surface area contributed by atoms with E-state index in [1.165, 1.54) is 18.9 Å². The first-order valence-corrected chi connectivity index (χ1v) is 10.6. The van der Waals surface area contributed by atoms with Crippen LogP contribution in [-0.2, 0) is 16.1 Å². The lowest BCUT2D eigenvalue weighted by atomic mass is 10.2. The van der Waals surface area contributed by atoms with Crippen LogP contribution in [-0.4, -0.2) is 39.5 Å². The number of hydrogen-bond acceptors (Lipinski definition) is 7. The largest absolute Gasteiger partial charge is 0.465 e. The summed E-state index contributed by atoms with van der Waals surface area (Å²) in [5.41, 5.74) is 1.48. The second-order valence-electron chi connectivity index (χ2n) is 6.57. The number of furan rings is 1. The predicted molar refractivity (Wildman–Crippen MR) is 118 cm³/mol. The standard InChI is InChI=1S/C22H20N4O4S/c1-3-26-20(18-12-14-8-4-7-11-17(14)30-18)24-25-22(26)31-13-19(27)23-16-10-6-5-9-15(16)21(28)29-2/h4-12H,3,13H2,1-2H3,(H,23,27). The molecule has 9 heteroatoms. The third-order valence-electron chi connectivity index (χ3n) is 4.62. The van der Waals surface area contributed by atoms with Gasteiger partial charge in [0.25, 0.3) is 0 Å². The maximum Gasteiger partial charge on any atom is 0.339 e. The molecule has 0 atom stereocenters. The number of amides is 1. The number of esters is 1. The normalized spacial score (nSPS) is 10.9. The van der Waals surface area contributed by atoms with Gasteiger partial charge in [-0.15, -0.1) is 10.2 Å². The fourth-order valence-corrected chi connectivity index (χ4v) is 3.95. The van der Waals surface area contributed by atoms with E-state index in [1.807, 2.05) is 41.8 Å². The third kappa shape index (κ3) is 4.31. The molecule has 2 aromatic heterocycles. The Hall–Kier alpha value is -3.59. The van der Waals surface area contributed by atoms with Gasteiger partial charge < -0.3 is 14.5 Å². The Morgan fingerprint density at radius 1 is 1.13 bits per heavy atom. The minimum atomic E-state index is -0.509. The highest BCUT2D eigenvalue weighted by molar-refractivity contribution is 7.99. The zero-order chi connectivity index (χ0) is 21.8. The second kappa shape index (κ2) is 9.05. The van der Waals surface area contributed by atoms with Crippen LogP contribution < -0.4 is 5.32 Å². The van der Waals surface area contributed by atoms with Gasteiger partial charge in [-0.2, -0.15) is 0 Å². The van der Waals surface area contributed by atoms with Gasteiger partial charge in [0.2, 0.25) is 11.7 Å². The number of nitrogens with one attached hydrogen (secondary N) is 1. The second-order valence-corrected chi connectivity index (χ2v) is 7.52. The van der Waals surface area contributed by atoms with Crippen LogP contribution in [0, 0.1) is 0 Å². The summed E-state index contributed by atoms with van der Waals surface area (Å²) in [6.07, 6.45) is 0. The highest BCUT2D eigenvalue weighted by Gasteiger charge is 2.18. The number of thioether (sulfide) groups is 1. The summed E-state index contributed by atoms with van der Waals surface area (Å²) >= 11 is 1.26. The van der Waals surface area contributed by atoms with E-state index in [0.29, 0.717) is 34.5 Å². The summed E-state index contributed by atoms with van der Waals surface area (Å²) in [5, 5.41) is 12.8. The number of rotatable bonds is 7. The Kier molecular flexibility index (Phi) is 6.03. The minimum absolute atomic E-state index is 0.105. The van der Waals surface area contributed by atoms with Crippen LogP contribution in [0.2, 0.25) is 0 Å². The molecule has 158 valence electrons. The van der Waals surface area contributed by atoms with Gasteiger partial charge in [-0.25, -0.2) is 4.79 Å². The highest BCUT2D eigenvalue weighted by atomic mass is 32.2. The molecule has 0 unspecified atom stereocenters. The molecule has 1 amide bonds. The van der Waals surface area contributed by atoms with E-state index in [9.17, 15) is 9.59 Å². The first-order valence-electron chi connectivity index (χ1n) is 9.63. The molecule has 31 heavy (non-hydrogen) atoms. The Morgan fingerprint density at radius 3 is 2.68 bits per heavy atom. The average Bonchev–Trinajstić information content (AvgIpc) is 3.40. The number of benzene rings is 2. The van der Waals surface area contributed by atoms with Gasteiger partial charge in [-0.1, -0.05) is 42.1 Å². The Balaban J connectivity index is 1.48. The lowest BCUT2D eigenvalue weighted by Gasteiger charge is -2.09. The molecule has 8 nitrogen and oxygen atoms in total. The molecule has 0 bridgehead atoms. The molecule has 0 fully saturated rings. The average molecular weight is 436 g/mol. The lowest BCUT2D eigenvalue weighted by Crippen LogP contribution is -2.17. The minimum Gasteiger partial charge on any atom is -0.465 e. The van der Waals surface area contributed by atoms with Crippen molar-refractivity contribution in [3.05, 3.63) is 60.2 Å². The van der Waals surface area contributed by atoms with Crippen molar-refractivity contribution in [1.29, 1.82) is 0 Å². The number of ether oxygens (including phenoxy) is 1. The van der Waals surface area contributed by atoms with Gasteiger partial charge in [-0.3, -0.25) is 9.36 Å². The van der Waals surface area contributed by atoms with Crippen LogP contribution in [0.3, 0.4) is 0 Å². The van der Waals surface area contributed by atoms with E-state index in [1.54, 1.807) is 24.3 Å². The van der Waals surface area contributed by atoms with Gasteiger partial charge in [0.1, 0.15) is 5.58 Å². The summed E-state index contributed by atoms with van der Waals surface area (Å²) in [4.78, 5) is 24.4. The number of fused-ring (bicyclic) bond motifs is 1. The molecule has 0 saturated heterocycles. The molecule has 2 heterocycles. The van der Waals surface area contributed by atoms with Gasteiger partial charge in [0, 0.05) is 11.9 Å². The van der Waals surface area contributed by atoms with Crippen molar-refractivity contribution in [1.82, 2.24) is 14.8 Å². The van der Waals surface area contributed by atoms with Crippen LogP contribution in [0.25, 0.3) is 22.6 Å². The highest BCUT2D eigenvalue weighted by Crippen LogP contribution is 2.29. The van der Waals surface area contributed by atoms with Gasteiger partial charge in [0.15, 0.2) is 10.9 Å². The number of para-hydroxylation sites is 2. The zero-order valence-electron chi connectivity index (χ0n) is 17.0. The molecule has 2 aromatic carbocycles. The number of hydrogen-bond donors (Lipinski definition) is 1. The number of carbonyl (C=O) groups excluding carboxylic acids is 2. The Labute approximate surface area is 182 Å². The zero-order valence-corrected chi connectivity index (χ0v) is 17.8. The quantitative estimate of drug-likeness (QED) is 0.342. The van der Waals surface area contributed by atoms with Gasteiger partial charge in [-0.05, 0) is 31.2 Å². The van der Waals surface area contributed by atoms with Crippen molar-refractivity contribution >= 4 is 40.3 Å². The molecule has 0 saturated carbocycles. The Morgan fingerprint density at radius 2 is 1.90 bits per heavy atom. The summed E-state index contributed by atoms with van der Waals surface area (Å²) in [6, 6.07) is 16.4. The molecule has 0 radical (unpaired) electrons. The van der Waals surface area contributed by atoms with Gasteiger partial charge >= 0.3 is 5.97 Å². The lowest BCUT2D eigenvalue weighted by molar-refractivity contribution is -0.113. The van der Waals surface area contributed by atoms with Crippen LogP contribution >= 0.6 is 11.8 Å². The number of carbonyl (C=O) groups is 2. The third-order valence-corrected chi connectivity index (χ3v) is 5.58. The number of nitrogens with zero attached hydrogens (tertiary/aromatic N) is 3. The van der Waals surface area contributed by atoms with Crippen molar-refractivity contribution in [3.8, 4) is 11.6 Å². The first kappa shape index (κ1) is 20.7. The molecule has 0 aliphatic rings. The molecular formula is C22H20N4O4S. The van der Waals surface area contributed by atoms with Crippen LogP contribution in [0.4, 0.5) is 5.69 Å². The number of methoxy groups -OCH3 is 1. The molecule has 1 N–H and O–H groups in total. The van der Waals surface area contributed by atoms with E-state index in [0.717, 1.165) is 11.0 Å². The molecule has 4 aromatic rings. The fraction of sp³-hybridized carbons (Fsp3) is 0.182. The summed E-state index contributed by atoms with van der Waals surface area (Å²) in [7, 11) is 1.30. The van der Waals surface area contributed by atoms with Crippen molar-refractivity contribution in [2.75, 3.05) is 18.2 Å². The van der Waals surface area contributed by atoms with E-state index < -0.39 is 5.97 Å². The summed E-state index contributed by atoms with van der Waals surface area (Å²) in [5.74, 6) is 0.562. The first-order chi connectivity index (χ1) is 15.1.